The molecule has 0 saturated heterocycles. The van der Waals surface area contributed by atoms with Crippen LogP contribution in [0.15, 0.2) is 50.1 Å². The Morgan fingerprint density at radius 1 is 0.973 bits per heavy atom. The minimum absolute atomic E-state index is 0. The Bertz CT molecular complexity index is 1210. The third kappa shape index (κ3) is 10.2. The summed E-state index contributed by atoms with van der Waals surface area (Å²) >= 11 is 0. The molecule has 0 spiro atoms. The summed E-state index contributed by atoms with van der Waals surface area (Å²) in [5, 5.41) is 31.3. The first-order valence-electron chi connectivity index (χ1n) is 9.68. The number of hydrogen-bond acceptors (Lipinski definition) is 5. The first-order valence-corrected chi connectivity index (χ1v) is 9.68. The van der Waals surface area contributed by atoms with Crippen LogP contribution in [-0.2, 0) is 13.6 Å². The van der Waals surface area contributed by atoms with Gasteiger partial charge in [-0.25, -0.2) is 40.8 Å². The number of nitrogens with zero attached hydrogens (tertiary/aromatic N) is 9. The van der Waals surface area contributed by atoms with Crippen LogP contribution in [0.1, 0.15) is 19.8 Å². The number of halogens is 6. The van der Waals surface area contributed by atoms with Crippen LogP contribution in [0.2, 0.25) is 0 Å². The first-order chi connectivity index (χ1) is 16.8. The van der Waals surface area contributed by atoms with Crippen molar-refractivity contribution in [2.24, 2.45) is 27.0 Å². The summed E-state index contributed by atoms with van der Waals surface area (Å²) in [4.78, 5) is 11.5. The summed E-state index contributed by atoms with van der Waals surface area (Å²) in [6.45, 7) is 3.36. The normalized spacial score (nSPS) is 14.0. The van der Waals surface area contributed by atoms with E-state index >= 15 is 0 Å². The zero-order valence-electron chi connectivity index (χ0n) is 19.6. The Morgan fingerprint density at radius 3 is 1.76 bits per heavy atom. The minimum atomic E-state index is -4.72. The van der Waals surface area contributed by atoms with Crippen LogP contribution in [0.5, 0.6) is 0 Å². The van der Waals surface area contributed by atoms with Gasteiger partial charge in [-0.05, 0) is 6.42 Å². The molecule has 0 aliphatic carbocycles. The standard InChI is InChI=1S/C8H15N2.2C6F3N4.Li/c1-3-4-5-10-7-6-9(2)8-10;2*7-6(8,9)5-12-3(1-10)4(2-11)13-5;/h6-8H,3-5H2,1-2H3;;;/q+1;2*-1;+1/p+1. The monoisotopic (exact) mass is 517 g/mol. The van der Waals surface area contributed by atoms with Gasteiger partial charge in [-0.3, -0.25) is 0 Å². The van der Waals surface area contributed by atoms with Crippen molar-refractivity contribution in [2.45, 2.75) is 38.7 Å². The fourth-order valence-corrected chi connectivity index (χ4v) is 2.23. The SMILES string of the molecule is CCCCn1cc[n+](C)c1.N#CC1=NC(C(F)(F)F)=NC1=C=[N-].[Li+].[N-]=C=C1N=C(C(F)(F)F)N=C1C#[NH+]. The van der Waals surface area contributed by atoms with Crippen molar-refractivity contribution in [1.29, 1.82) is 5.26 Å². The fraction of sp³-hybridized carbons (Fsp3) is 0.350. The number of hydrogen-bond donors (Lipinski definition) is 1. The third-order valence-corrected chi connectivity index (χ3v) is 3.86. The van der Waals surface area contributed by atoms with Crippen LogP contribution in [0.4, 0.5) is 26.3 Å². The van der Waals surface area contributed by atoms with Gasteiger partial charge in [0.1, 0.15) is 29.9 Å². The van der Waals surface area contributed by atoms with E-state index < -0.39 is 46.8 Å². The van der Waals surface area contributed by atoms with E-state index in [2.05, 4.69) is 54.7 Å². The summed E-state index contributed by atoms with van der Waals surface area (Å²) in [6.07, 6.45) is -0.598. The number of amidine groups is 2. The Balaban J connectivity index is 0.000000523. The van der Waals surface area contributed by atoms with Gasteiger partial charge in [0.25, 0.3) is 0 Å². The molecule has 3 rings (SSSR count). The second kappa shape index (κ2) is 14.5. The van der Waals surface area contributed by atoms with Crippen molar-refractivity contribution in [3.63, 3.8) is 0 Å². The van der Waals surface area contributed by atoms with Crippen LogP contribution in [-0.4, -0.2) is 51.8 Å². The molecule has 0 fully saturated rings. The zero-order valence-corrected chi connectivity index (χ0v) is 19.6. The first kappa shape index (κ1) is 32.9. The van der Waals surface area contributed by atoms with Gasteiger partial charge in [0.2, 0.25) is 23.7 Å². The Labute approximate surface area is 218 Å². The van der Waals surface area contributed by atoms with E-state index in [1.807, 2.05) is 7.05 Å². The molecule has 1 aromatic heterocycles. The van der Waals surface area contributed by atoms with Crippen LogP contribution < -0.4 is 28.7 Å². The molecular formula is C20H16F6LiN10+. The Hall–Kier alpha value is -4.05. The molecular weight excluding hydrogens is 501 g/mol. The summed E-state index contributed by atoms with van der Waals surface area (Å²) in [6, 6.07) is 2.94. The van der Waals surface area contributed by atoms with E-state index in [1.54, 1.807) is 6.07 Å². The van der Waals surface area contributed by atoms with E-state index in [9.17, 15) is 26.3 Å². The van der Waals surface area contributed by atoms with E-state index in [-0.39, 0.29) is 18.9 Å². The molecule has 3 heterocycles. The molecule has 10 nitrogen and oxygen atoms in total. The average molecular weight is 517 g/mol. The number of aromatic nitrogens is 2. The molecule has 0 aromatic carbocycles. The number of unbranched alkanes of at least 4 members (excludes halogenated alkanes) is 1. The van der Waals surface area contributed by atoms with Gasteiger partial charge < -0.3 is 10.8 Å². The second-order valence-corrected chi connectivity index (χ2v) is 6.62. The van der Waals surface area contributed by atoms with E-state index in [1.165, 1.54) is 30.7 Å². The van der Waals surface area contributed by atoms with Gasteiger partial charge in [-0.2, -0.15) is 31.6 Å². The molecule has 0 atom stereocenters. The number of nitrogens with one attached hydrogen (secondary N) is 1. The molecule has 0 amide bonds. The summed E-state index contributed by atoms with van der Waals surface area (Å²) in [5.74, 6) is -0.150. The quantitative estimate of drug-likeness (QED) is 0.220. The van der Waals surface area contributed by atoms with Crippen LogP contribution >= 0.6 is 0 Å². The summed E-state index contributed by atoms with van der Waals surface area (Å²) < 4.78 is 75.8. The van der Waals surface area contributed by atoms with Gasteiger partial charge in [0, 0.05) is 0 Å². The van der Waals surface area contributed by atoms with Crippen molar-refractivity contribution in [3.05, 3.63) is 40.9 Å². The van der Waals surface area contributed by atoms with Crippen molar-refractivity contribution < 1.29 is 55.0 Å². The molecule has 1 N–H and O–H groups in total. The Kier molecular flexibility index (Phi) is 12.9. The topological polar surface area (TPSA) is 150 Å². The van der Waals surface area contributed by atoms with Crippen LogP contribution in [0.3, 0.4) is 0 Å². The predicted molar refractivity (Wildman–Crippen MR) is 117 cm³/mol. The zero-order chi connectivity index (χ0) is 27.5. The molecule has 37 heavy (non-hydrogen) atoms. The maximum absolute atomic E-state index is 11.9. The van der Waals surface area contributed by atoms with Gasteiger partial charge in [0.05, 0.1) is 13.6 Å². The second-order valence-electron chi connectivity index (χ2n) is 6.62. The third-order valence-electron chi connectivity index (χ3n) is 3.86. The number of aliphatic imine (C=N–C) groups is 4. The fourth-order valence-electron chi connectivity index (χ4n) is 2.23. The molecule has 188 valence electrons. The van der Waals surface area contributed by atoms with Crippen LogP contribution in [0, 0.1) is 17.4 Å². The van der Waals surface area contributed by atoms with Crippen molar-refractivity contribution in [1.82, 2.24) is 4.57 Å². The summed E-state index contributed by atoms with van der Waals surface area (Å²) in [5.41, 5.74) is -2.23. The molecule has 1 aromatic rings. The van der Waals surface area contributed by atoms with Crippen molar-refractivity contribution in [2.75, 3.05) is 0 Å². The maximum Gasteiger partial charge on any atom is 1.00 e. The van der Waals surface area contributed by atoms with Gasteiger partial charge in [0.15, 0.2) is 5.71 Å². The number of alkyl halides is 6. The molecule has 2 aliphatic heterocycles. The van der Waals surface area contributed by atoms with Crippen molar-refractivity contribution >= 4 is 34.8 Å². The molecule has 2 aliphatic rings. The molecule has 17 heteroatoms. The smallest absolute Gasteiger partial charge is 0.761 e. The number of aryl methyl sites for hydroxylation is 2. The van der Waals surface area contributed by atoms with Gasteiger partial charge in [-0.15, -0.1) is 0 Å². The average Bonchev–Trinajstić information content (AvgIpc) is 3.54. The maximum atomic E-state index is 11.9. The molecule has 0 bridgehead atoms. The largest absolute Gasteiger partial charge is 1.00 e. The number of imidazole rings is 1. The van der Waals surface area contributed by atoms with E-state index in [0.29, 0.717) is 0 Å². The van der Waals surface area contributed by atoms with Gasteiger partial charge in [-0.1, -0.05) is 18.6 Å². The van der Waals surface area contributed by atoms with Gasteiger partial charge >= 0.3 is 37.3 Å². The molecule has 0 saturated carbocycles. The minimum Gasteiger partial charge on any atom is -0.761 e. The van der Waals surface area contributed by atoms with E-state index in [4.69, 9.17) is 21.3 Å². The number of rotatable bonds is 3. The number of allylic oxidation sites excluding steroid dienone is 2. The molecule has 0 unspecified atom stereocenters. The number of nitriles is 1. The Morgan fingerprint density at radius 2 is 1.46 bits per heavy atom. The van der Waals surface area contributed by atoms with E-state index in [0.717, 1.165) is 6.54 Å². The summed E-state index contributed by atoms with van der Waals surface area (Å²) in [7, 11) is 2.04. The van der Waals surface area contributed by atoms with Crippen LogP contribution in [0.25, 0.3) is 10.8 Å². The molecule has 0 radical (unpaired) electrons. The van der Waals surface area contributed by atoms with Crippen molar-refractivity contribution in [3.8, 4) is 12.1 Å². The predicted octanol–water partition coefficient (Wildman–Crippen LogP) is -1.54.